The molecule has 0 saturated heterocycles. The number of nitrogens with one attached hydrogen (secondary N) is 1. The summed E-state index contributed by atoms with van der Waals surface area (Å²) in [5.74, 6) is 0. The fraction of sp³-hybridized carbons (Fsp3) is 0.250. The Hall–Kier alpha value is 0.538. The third-order valence-electron chi connectivity index (χ3n) is 0.398. The Morgan fingerprint density at radius 3 is 2.00 bits per heavy atom. The van der Waals surface area contributed by atoms with Crippen molar-refractivity contribution in [2.45, 2.75) is 0 Å². The van der Waals surface area contributed by atoms with Crippen LogP contribution in [0.3, 0.4) is 0 Å². The zero-order chi connectivity index (χ0) is 10.2. The van der Waals surface area contributed by atoms with Crippen LogP contribution in [0.2, 0.25) is 0 Å². The molecular formula is C4H9MoNO4S3. The molecule has 0 amide bonds. The number of hydrogen-bond acceptors (Lipinski definition) is 3. The standard InChI is InChI=1S/C4H7NS2.Mo.H2O4S/c1-2-3-5-4(6)7;;1-5(2,3)4/h2H,1,3H2,(H2,5,6,7);;(H2,1,2,3,4). The van der Waals surface area contributed by atoms with Crippen LogP contribution >= 0.6 is 24.8 Å². The van der Waals surface area contributed by atoms with Crippen LogP contribution in [-0.2, 0) is 31.5 Å². The van der Waals surface area contributed by atoms with Crippen LogP contribution in [0.1, 0.15) is 0 Å². The van der Waals surface area contributed by atoms with E-state index in [0.29, 0.717) is 10.9 Å². The summed E-state index contributed by atoms with van der Waals surface area (Å²) >= 11 is 8.37. The molecule has 0 bridgehead atoms. The number of hydrogen-bond donors (Lipinski definition) is 4. The van der Waals surface area contributed by atoms with Gasteiger partial charge in [-0.25, -0.2) is 0 Å². The van der Waals surface area contributed by atoms with E-state index in [-0.39, 0.29) is 21.1 Å². The second kappa shape index (κ2) is 10.6. The molecule has 0 aliphatic heterocycles. The van der Waals surface area contributed by atoms with Gasteiger partial charge in [0.05, 0.1) is 0 Å². The van der Waals surface area contributed by atoms with Crippen molar-refractivity contribution in [3.63, 3.8) is 0 Å². The third-order valence-corrected chi connectivity index (χ3v) is 0.700. The summed E-state index contributed by atoms with van der Waals surface area (Å²) in [6, 6.07) is 0. The van der Waals surface area contributed by atoms with E-state index < -0.39 is 10.4 Å². The van der Waals surface area contributed by atoms with E-state index in [4.69, 9.17) is 17.5 Å². The van der Waals surface area contributed by atoms with Crippen molar-refractivity contribution in [1.29, 1.82) is 0 Å². The van der Waals surface area contributed by atoms with E-state index in [0.717, 1.165) is 0 Å². The topological polar surface area (TPSA) is 86.6 Å². The molecule has 0 radical (unpaired) electrons. The van der Waals surface area contributed by atoms with Gasteiger partial charge in [-0.1, -0.05) is 18.3 Å². The minimum Gasteiger partial charge on any atom is -0.368 e. The van der Waals surface area contributed by atoms with Gasteiger partial charge in [-0.15, -0.1) is 19.2 Å². The Morgan fingerprint density at radius 1 is 1.62 bits per heavy atom. The van der Waals surface area contributed by atoms with E-state index >= 15 is 0 Å². The second-order valence-electron chi connectivity index (χ2n) is 1.42. The maximum Gasteiger partial charge on any atom is 0.394 e. The predicted octanol–water partition coefficient (Wildman–Crippen LogP) is 0.321. The maximum absolute atomic E-state index is 8.74. The van der Waals surface area contributed by atoms with Crippen LogP contribution in [0, 0.1) is 0 Å². The first-order chi connectivity index (χ1) is 5.27. The monoisotopic (exact) mass is 329 g/mol. The summed E-state index contributed by atoms with van der Waals surface area (Å²) in [6.07, 6.45) is 1.72. The smallest absolute Gasteiger partial charge is 0.368 e. The Kier molecular flexibility index (Phi) is 15.7. The molecule has 5 nitrogen and oxygen atoms in total. The molecule has 0 atom stereocenters. The van der Waals surface area contributed by atoms with Crippen LogP contribution in [0.4, 0.5) is 0 Å². The summed E-state index contributed by atoms with van der Waals surface area (Å²) in [5, 5.41) is 2.77. The van der Waals surface area contributed by atoms with Gasteiger partial charge in [-0.05, 0) is 0 Å². The molecule has 0 aromatic carbocycles. The Balaban J connectivity index is -0.000000150. The molecule has 13 heavy (non-hydrogen) atoms. The van der Waals surface area contributed by atoms with Gasteiger partial charge in [-0.3, -0.25) is 9.11 Å². The van der Waals surface area contributed by atoms with E-state index in [2.05, 4.69) is 36.7 Å². The van der Waals surface area contributed by atoms with Crippen LogP contribution in [-0.4, -0.2) is 28.4 Å². The van der Waals surface area contributed by atoms with Crippen LogP contribution in [0.5, 0.6) is 0 Å². The quantitative estimate of drug-likeness (QED) is 0.192. The normalized spacial score (nSPS) is 8.54. The largest absolute Gasteiger partial charge is 0.394 e. The average molecular weight is 327 g/mol. The van der Waals surface area contributed by atoms with Gasteiger partial charge < -0.3 is 5.32 Å². The van der Waals surface area contributed by atoms with Crippen LogP contribution in [0.25, 0.3) is 0 Å². The van der Waals surface area contributed by atoms with Crippen molar-refractivity contribution in [3.05, 3.63) is 12.7 Å². The predicted molar refractivity (Wildman–Crippen MR) is 54.0 cm³/mol. The molecular weight excluding hydrogens is 318 g/mol. The molecule has 0 aliphatic carbocycles. The van der Waals surface area contributed by atoms with Crippen molar-refractivity contribution < 1.29 is 38.6 Å². The van der Waals surface area contributed by atoms with Crippen molar-refractivity contribution in [1.82, 2.24) is 5.32 Å². The Labute approximate surface area is 102 Å². The molecule has 0 spiro atoms. The summed E-state index contributed by atoms with van der Waals surface area (Å²) in [5.41, 5.74) is 0. The molecule has 3 N–H and O–H groups in total. The van der Waals surface area contributed by atoms with Crippen LogP contribution < -0.4 is 5.32 Å². The zero-order valence-corrected chi connectivity index (χ0v) is 10.9. The summed E-state index contributed by atoms with van der Waals surface area (Å²) in [6.45, 7) is 4.17. The van der Waals surface area contributed by atoms with E-state index in [1.807, 2.05) is 0 Å². The minimum atomic E-state index is -4.67. The fourth-order valence-electron chi connectivity index (χ4n) is 0.159. The van der Waals surface area contributed by atoms with Gasteiger partial charge in [0, 0.05) is 27.6 Å². The van der Waals surface area contributed by atoms with Gasteiger partial charge in [-0.2, -0.15) is 8.42 Å². The molecule has 9 heteroatoms. The van der Waals surface area contributed by atoms with E-state index in [1.165, 1.54) is 0 Å². The molecule has 0 rings (SSSR count). The van der Waals surface area contributed by atoms with Gasteiger partial charge in [0.1, 0.15) is 4.32 Å². The van der Waals surface area contributed by atoms with Gasteiger partial charge >= 0.3 is 10.4 Å². The van der Waals surface area contributed by atoms with Gasteiger partial charge in [0.15, 0.2) is 0 Å². The minimum absolute atomic E-state index is 0. The van der Waals surface area contributed by atoms with E-state index in [9.17, 15) is 0 Å². The molecule has 0 heterocycles. The molecule has 0 aromatic rings. The van der Waals surface area contributed by atoms with E-state index in [1.54, 1.807) is 6.08 Å². The summed E-state index contributed by atoms with van der Waals surface area (Å²) in [4.78, 5) is 0. The summed E-state index contributed by atoms with van der Waals surface area (Å²) < 4.78 is 32.1. The summed E-state index contributed by atoms with van der Waals surface area (Å²) in [7, 11) is -4.67. The van der Waals surface area contributed by atoms with Crippen molar-refractivity contribution in [3.8, 4) is 0 Å². The molecule has 78 valence electrons. The van der Waals surface area contributed by atoms with Crippen molar-refractivity contribution >= 4 is 39.6 Å². The SMILES string of the molecule is C=CCNC(=S)S.O=S(=O)(O)O.[Mo]. The maximum atomic E-state index is 8.74. The first kappa shape index (κ1) is 19.2. The average Bonchev–Trinajstić information content (AvgIpc) is 1.79. The molecule has 0 aliphatic rings. The van der Waals surface area contributed by atoms with Crippen LogP contribution in [0.15, 0.2) is 12.7 Å². The Bertz CT molecular complexity index is 232. The number of thiocarbonyl (C=S) groups is 1. The van der Waals surface area contributed by atoms with Gasteiger partial charge in [0.2, 0.25) is 0 Å². The van der Waals surface area contributed by atoms with Crippen molar-refractivity contribution in [2.75, 3.05) is 6.54 Å². The molecule has 0 fully saturated rings. The second-order valence-corrected chi connectivity index (χ2v) is 3.48. The molecule has 0 aromatic heterocycles. The third kappa shape index (κ3) is 67.6. The van der Waals surface area contributed by atoms with Gasteiger partial charge in [0.25, 0.3) is 0 Å². The zero-order valence-electron chi connectivity index (χ0n) is 6.37. The first-order valence-corrected chi connectivity index (χ1v) is 4.80. The molecule has 0 saturated carbocycles. The number of thiol groups is 1. The molecule has 0 unspecified atom stereocenters. The fourth-order valence-corrected chi connectivity index (χ4v) is 0.334. The number of rotatable bonds is 2. The first-order valence-electron chi connectivity index (χ1n) is 2.55. The van der Waals surface area contributed by atoms with Crippen molar-refractivity contribution in [2.24, 2.45) is 0 Å². The Morgan fingerprint density at radius 2 is 1.92 bits per heavy atom.